The van der Waals surface area contributed by atoms with Gasteiger partial charge in [0, 0.05) is 31.0 Å². The van der Waals surface area contributed by atoms with Gasteiger partial charge in [-0.3, -0.25) is 4.98 Å². The Morgan fingerprint density at radius 2 is 1.89 bits per heavy atom. The molecule has 0 aromatic carbocycles. The van der Waals surface area contributed by atoms with Crippen molar-refractivity contribution in [2.45, 2.75) is 70.4 Å². The maximum atomic E-state index is 11.7. The van der Waals surface area contributed by atoms with Crippen LogP contribution in [0.1, 0.15) is 58.1 Å². The zero-order valence-electron chi connectivity index (χ0n) is 16.5. The van der Waals surface area contributed by atoms with Gasteiger partial charge in [0.05, 0.1) is 19.3 Å². The van der Waals surface area contributed by atoms with Gasteiger partial charge in [-0.15, -0.1) is 0 Å². The van der Waals surface area contributed by atoms with Crippen LogP contribution in [0.5, 0.6) is 5.75 Å². The van der Waals surface area contributed by atoms with Crippen molar-refractivity contribution < 1.29 is 24.5 Å². The summed E-state index contributed by atoms with van der Waals surface area (Å²) in [5.41, 5.74) is 4.21. The second kappa shape index (κ2) is 12.6. The maximum Gasteiger partial charge on any atom is 0.337 e. The van der Waals surface area contributed by atoms with Crippen LogP contribution in [0, 0.1) is 0 Å². The SMILES string of the molecule is CCCCCOCC(N)C(O)(Cc1cc(OCCCCC)ccn1)C(=O)O. The summed E-state index contributed by atoms with van der Waals surface area (Å²) in [6.07, 6.45) is 7.46. The van der Waals surface area contributed by atoms with Crippen LogP contribution in [-0.4, -0.2) is 52.6 Å². The molecule has 0 aliphatic carbocycles. The first-order valence-corrected chi connectivity index (χ1v) is 9.80. The van der Waals surface area contributed by atoms with Gasteiger partial charge in [0.1, 0.15) is 5.75 Å². The van der Waals surface area contributed by atoms with Crippen molar-refractivity contribution in [2.75, 3.05) is 19.8 Å². The molecule has 1 aromatic rings. The number of rotatable bonds is 15. The molecule has 0 bridgehead atoms. The minimum absolute atomic E-state index is 0.0281. The van der Waals surface area contributed by atoms with E-state index < -0.39 is 17.6 Å². The van der Waals surface area contributed by atoms with Crippen LogP contribution in [0.15, 0.2) is 18.3 Å². The van der Waals surface area contributed by atoms with Crippen molar-refractivity contribution in [1.82, 2.24) is 4.98 Å². The lowest BCUT2D eigenvalue weighted by Gasteiger charge is -2.29. The summed E-state index contributed by atoms with van der Waals surface area (Å²) in [5.74, 6) is -0.781. The van der Waals surface area contributed by atoms with Crippen LogP contribution in [-0.2, 0) is 16.0 Å². The third-order valence-corrected chi connectivity index (χ3v) is 4.43. The smallest absolute Gasteiger partial charge is 0.337 e. The Morgan fingerprint density at radius 1 is 1.22 bits per heavy atom. The number of carboxylic acids is 1. The highest BCUT2D eigenvalue weighted by molar-refractivity contribution is 5.78. The molecule has 0 spiro atoms. The lowest BCUT2D eigenvalue weighted by atomic mass is 9.89. The number of aliphatic carboxylic acids is 1. The number of hydrogen-bond donors (Lipinski definition) is 3. The zero-order chi connectivity index (χ0) is 20.1. The third-order valence-electron chi connectivity index (χ3n) is 4.43. The number of aliphatic hydroxyl groups is 1. The molecule has 27 heavy (non-hydrogen) atoms. The minimum atomic E-state index is -2.15. The van der Waals surface area contributed by atoms with E-state index in [0.29, 0.717) is 24.7 Å². The van der Waals surface area contributed by atoms with Crippen molar-refractivity contribution in [2.24, 2.45) is 5.73 Å². The highest BCUT2D eigenvalue weighted by atomic mass is 16.5. The van der Waals surface area contributed by atoms with Crippen molar-refractivity contribution in [3.63, 3.8) is 0 Å². The van der Waals surface area contributed by atoms with E-state index in [2.05, 4.69) is 18.8 Å². The molecule has 0 saturated heterocycles. The summed E-state index contributed by atoms with van der Waals surface area (Å²) in [6, 6.07) is 2.30. The molecule has 0 saturated carbocycles. The quantitative estimate of drug-likeness (QED) is 0.399. The van der Waals surface area contributed by atoms with Gasteiger partial charge in [0.2, 0.25) is 0 Å². The summed E-state index contributed by atoms with van der Waals surface area (Å²) in [7, 11) is 0. The fourth-order valence-corrected chi connectivity index (χ4v) is 2.63. The number of carbonyl (C=O) groups is 1. The van der Waals surface area contributed by atoms with Crippen molar-refractivity contribution in [1.29, 1.82) is 0 Å². The minimum Gasteiger partial charge on any atom is -0.493 e. The molecule has 1 rings (SSSR count). The zero-order valence-corrected chi connectivity index (χ0v) is 16.5. The third kappa shape index (κ3) is 8.24. The van der Waals surface area contributed by atoms with Crippen LogP contribution >= 0.6 is 0 Å². The molecule has 1 heterocycles. The van der Waals surface area contributed by atoms with Gasteiger partial charge in [0.25, 0.3) is 0 Å². The summed E-state index contributed by atoms with van der Waals surface area (Å²) < 4.78 is 11.1. The molecule has 4 N–H and O–H groups in total. The highest BCUT2D eigenvalue weighted by Gasteiger charge is 2.43. The summed E-state index contributed by atoms with van der Waals surface area (Å²) in [5, 5.41) is 20.2. The molecule has 0 fully saturated rings. The summed E-state index contributed by atoms with van der Waals surface area (Å²) in [6.45, 7) is 5.26. The van der Waals surface area contributed by atoms with Gasteiger partial charge in [-0.2, -0.15) is 0 Å². The molecule has 0 aliphatic rings. The first-order chi connectivity index (χ1) is 12.9. The van der Waals surface area contributed by atoms with Gasteiger partial charge in [-0.1, -0.05) is 39.5 Å². The van der Waals surface area contributed by atoms with Crippen LogP contribution in [0.2, 0.25) is 0 Å². The number of nitrogens with two attached hydrogens (primary N) is 1. The number of unbranched alkanes of at least 4 members (excludes halogenated alkanes) is 4. The van der Waals surface area contributed by atoms with E-state index in [1.54, 1.807) is 18.3 Å². The average molecular weight is 383 g/mol. The van der Waals surface area contributed by atoms with E-state index >= 15 is 0 Å². The molecule has 2 atom stereocenters. The number of pyridine rings is 1. The fraction of sp³-hybridized carbons (Fsp3) is 0.700. The molecule has 0 aliphatic heterocycles. The van der Waals surface area contributed by atoms with Gasteiger partial charge in [0.15, 0.2) is 5.60 Å². The number of carboxylic acid groups (broad SMARTS) is 1. The topological polar surface area (TPSA) is 115 Å². The van der Waals surface area contributed by atoms with Crippen LogP contribution in [0.3, 0.4) is 0 Å². The van der Waals surface area contributed by atoms with Crippen molar-refractivity contribution in [3.05, 3.63) is 24.0 Å². The Labute approximate surface area is 161 Å². The van der Waals surface area contributed by atoms with E-state index in [9.17, 15) is 15.0 Å². The van der Waals surface area contributed by atoms with Gasteiger partial charge < -0.3 is 25.4 Å². The number of aromatic nitrogens is 1. The molecule has 0 radical (unpaired) electrons. The first kappa shape index (κ1) is 23.3. The number of hydrogen-bond acceptors (Lipinski definition) is 6. The van der Waals surface area contributed by atoms with Crippen LogP contribution < -0.4 is 10.5 Å². The Hall–Kier alpha value is -1.70. The molecule has 7 heteroatoms. The fourth-order valence-electron chi connectivity index (χ4n) is 2.63. The van der Waals surface area contributed by atoms with Crippen LogP contribution in [0.4, 0.5) is 0 Å². The van der Waals surface area contributed by atoms with Crippen molar-refractivity contribution in [3.8, 4) is 5.75 Å². The van der Waals surface area contributed by atoms with Crippen molar-refractivity contribution >= 4 is 5.97 Å². The highest BCUT2D eigenvalue weighted by Crippen LogP contribution is 2.20. The number of nitrogens with zero attached hydrogens (tertiary/aromatic N) is 1. The normalized spacial score (nSPS) is 14.5. The second-order valence-corrected chi connectivity index (χ2v) is 6.83. The first-order valence-electron chi connectivity index (χ1n) is 9.80. The lowest BCUT2D eigenvalue weighted by Crippen LogP contribution is -2.57. The Morgan fingerprint density at radius 3 is 2.52 bits per heavy atom. The average Bonchev–Trinajstić information content (AvgIpc) is 2.65. The Kier molecular flexibility index (Phi) is 10.9. The van der Waals surface area contributed by atoms with Crippen LogP contribution in [0.25, 0.3) is 0 Å². The second-order valence-electron chi connectivity index (χ2n) is 6.83. The van der Waals surface area contributed by atoms with E-state index in [0.717, 1.165) is 38.5 Å². The molecular formula is C20H34N2O5. The van der Waals surface area contributed by atoms with E-state index in [1.807, 2.05) is 0 Å². The monoisotopic (exact) mass is 382 g/mol. The van der Waals surface area contributed by atoms with Gasteiger partial charge >= 0.3 is 5.97 Å². The predicted molar refractivity (Wildman–Crippen MR) is 104 cm³/mol. The largest absolute Gasteiger partial charge is 0.493 e. The van der Waals surface area contributed by atoms with E-state index in [-0.39, 0.29) is 13.0 Å². The molecule has 7 nitrogen and oxygen atoms in total. The number of ether oxygens (including phenoxy) is 2. The van der Waals surface area contributed by atoms with Gasteiger partial charge in [-0.25, -0.2) is 4.79 Å². The molecule has 1 aromatic heterocycles. The summed E-state index contributed by atoms with van der Waals surface area (Å²) >= 11 is 0. The van der Waals surface area contributed by atoms with E-state index in [1.165, 1.54) is 0 Å². The Balaban J connectivity index is 2.67. The predicted octanol–water partition coefficient (Wildman–Crippen LogP) is 2.54. The maximum absolute atomic E-state index is 11.7. The lowest BCUT2D eigenvalue weighted by molar-refractivity contribution is -0.162. The standard InChI is InChI=1S/C20H34N2O5/c1-3-5-7-11-26-15-18(21)20(25,19(23)24)14-16-13-17(9-10-22-16)27-12-8-6-4-2/h9-10,13,18,25H,3-8,11-12,14-15,21H2,1-2H3,(H,23,24). The van der Waals surface area contributed by atoms with Gasteiger partial charge in [-0.05, 0) is 18.9 Å². The molecule has 2 unspecified atom stereocenters. The molecular weight excluding hydrogens is 348 g/mol. The van der Waals surface area contributed by atoms with E-state index in [4.69, 9.17) is 15.2 Å². The molecule has 154 valence electrons. The summed E-state index contributed by atoms with van der Waals surface area (Å²) in [4.78, 5) is 15.8. The molecule has 0 amide bonds. The Bertz CT molecular complexity index is 555.